The first-order valence-electron chi connectivity index (χ1n) is 6.22. The fourth-order valence-electron chi connectivity index (χ4n) is 2.14. The number of benzene rings is 2. The summed E-state index contributed by atoms with van der Waals surface area (Å²) in [4.78, 5) is 0. The molecule has 0 aliphatic carbocycles. The Kier molecular flexibility index (Phi) is 6.12. The van der Waals surface area contributed by atoms with Gasteiger partial charge in [0.1, 0.15) is 9.55 Å². The standard InChI is InChI=1S/C16H17Cl.ClH3Si/c1-16(2,3)15-13(10-7-11-14(15)17)12-8-5-4-6-9-12;1-2/h4-11H,1-3H3;2H3. The maximum absolute atomic E-state index is 6.36. The molecule has 0 bridgehead atoms. The molecule has 102 valence electrons. The normalized spacial score (nSPS) is 10.8. The summed E-state index contributed by atoms with van der Waals surface area (Å²) in [5, 5.41) is 0.846. The van der Waals surface area contributed by atoms with Gasteiger partial charge in [0.15, 0.2) is 0 Å². The Morgan fingerprint density at radius 2 is 1.42 bits per heavy atom. The lowest BCUT2D eigenvalue weighted by molar-refractivity contribution is 0.592. The lowest BCUT2D eigenvalue weighted by atomic mass is 9.82. The van der Waals surface area contributed by atoms with Gasteiger partial charge in [0.2, 0.25) is 0 Å². The predicted octanol–water partition coefficient (Wildman–Crippen LogP) is 4.81. The van der Waals surface area contributed by atoms with Gasteiger partial charge in [-0.1, -0.05) is 74.8 Å². The molecular weight excluding hydrogens is 291 g/mol. The number of hydrogen-bond acceptors (Lipinski definition) is 0. The molecule has 0 aromatic heterocycles. The van der Waals surface area contributed by atoms with Crippen LogP contribution in [0, 0.1) is 0 Å². The van der Waals surface area contributed by atoms with E-state index in [1.54, 1.807) is 0 Å². The van der Waals surface area contributed by atoms with Crippen molar-refractivity contribution in [3.8, 4) is 11.1 Å². The molecule has 0 saturated carbocycles. The van der Waals surface area contributed by atoms with E-state index in [2.05, 4.69) is 51.1 Å². The monoisotopic (exact) mass is 310 g/mol. The van der Waals surface area contributed by atoms with Crippen LogP contribution in [-0.2, 0) is 5.41 Å². The second-order valence-electron chi connectivity index (χ2n) is 5.28. The van der Waals surface area contributed by atoms with Gasteiger partial charge in [-0.05, 0) is 28.2 Å². The van der Waals surface area contributed by atoms with Crippen molar-refractivity contribution in [1.82, 2.24) is 0 Å². The van der Waals surface area contributed by atoms with Crippen molar-refractivity contribution < 1.29 is 0 Å². The summed E-state index contributed by atoms with van der Waals surface area (Å²) in [5.74, 6) is 0. The Morgan fingerprint density at radius 1 is 0.842 bits per heavy atom. The Labute approximate surface area is 128 Å². The largest absolute Gasteiger partial charge is 0.181 e. The van der Waals surface area contributed by atoms with Gasteiger partial charge in [0.05, 0.1) is 0 Å². The Morgan fingerprint density at radius 3 is 1.95 bits per heavy atom. The Bertz CT molecular complexity index is 516. The van der Waals surface area contributed by atoms with Crippen LogP contribution in [0.25, 0.3) is 11.1 Å². The summed E-state index contributed by atoms with van der Waals surface area (Å²) in [5.41, 5.74) is 3.71. The summed E-state index contributed by atoms with van der Waals surface area (Å²) < 4.78 is 0. The molecule has 0 spiro atoms. The topological polar surface area (TPSA) is 0 Å². The number of hydrogen-bond donors (Lipinski definition) is 0. The minimum atomic E-state index is 0.0452. The van der Waals surface area contributed by atoms with Crippen LogP contribution in [0.15, 0.2) is 48.5 Å². The van der Waals surface area contributed by atoms with Crippen LogP contribution in [0.2, 0.25) is 5.02 Å². The minimum Gasteiger partial charge on any atom is -0.181 e. The molecule has 2 aromatic carbocycles. The van der Waals surface area contributed by atoms with Gasteiger partial charge in [-0.3, -0.25) is 0 Å². The van der Waals surface area contributed by atoms with E-state index in [-0.39, 0.29) is 5.41 Å². The van der Waals surface area contributed by atoms with E-state index in [4.69, 9.17) is 22.7 Å². The Hall–Kier alpha value is -0.763. The summed E-state index contributed by atoms with van der Waals surface area (Å²) in [6, 6.07) is 16.5. The summed E-state index contributed by atoms with van der Waals surface area (Å²) in [7, 11) is 0.778. The molecule has 0 radical (unpaired) electrons. The second kappa shape index (κ2) is 7.13. The summed E-state index contributed by atoms with van der Waals surface area (Å²) in [6.07, 6.45) is 0. The number of rotatable bonds is 1. The highest BCUT2D eigenvalue weighted by molar-refractivity contribution is 6.80. The van der Waals surface area contributed by atoms with Gasteiger partial charge < -0.3 is 0 Å². The van der Waals surface area contributed by atoms with Crippen molar-refractivity contribution in [2.45, 2.75) is 26.2 Å². The van der Waals surface area contributed by atoms with Gasteiger partial charge in [0.25, 0.3) is 0 Å². The molecule has 0 aliphatic rings. The minimum absolute atomic E-state index is 0.0452. The lowest BCUT2D eigenvalue weighted by Crippen LogP contribution is -2.13. The van der Waals surface area contributed by atoms with E-state index in [1.807, 2.05) is 18.2 Å². The molecule has 0 heterocycles. The average molecular weight is 311 g/mol. The van der Waals surface area contributed by atoms with Crippen LogP contribution in [0.1, 0.15) is 26.3 Å². The molecule has 0 unspecified atom stereocenters. The molecule has 0 atom stereocenters. The van der Waals surface area contributed by atoms with Crippen LogP contribution in [0.5, 0.6) is 0 Å². The fourth-order valence-corrected chi connectivity index (χ4v) is 2.60. The second-order valence-corrected chi connectivity index (χ2v) is 5.69. The van der Waals surface area contributed by atoms with E-state index < -0.39 is 0 Å². The number of halogens is 2. The SMILES string of the molecule is CC(C)(C)c1c(Cl)cccc1-c1ccccc1.[SiH3]Cl. The van der Waals surface area contributed by atoms with E-state index in [9.17, 15) is 0 Å². The summed E-state index contributed by atoms with van der Waals surface area (Å²) in [6.45, 7) is 6.59. The first kappa shape index (κ1) is 16.3. The predicted molar refractivity (Wildman–Crippen MR) is 91.4 cm³/mol. The molecule has 0 nitrogen and oxygen atoms in total. The quantitative estimate of drug-likeness (QED) is 0.524. The molecule has 0 saturated heterocycles. The van der Waals surface area contributed by atoms with Gasteiger partial charge in [-0.15, -0.1) is 0 Å². The van der Waals surface area contributed by atoms with Crippen LogP contribution in [0.4, 0.5) is 0 Å². The van der Waals surface area contributed by atoms with Crippen molar-refractivity contribution >= 4 is 32.2 Å². The zero-order valence-corrected chi connectivity index (χ0v) is 15.4. The van der Waals surface area contributed by atoms with Crippen LogP contribution >= 0.6 is 22.7 Å². The van der Waals surface area contributed by atoms with Crippen LogP contribution in [0.3, 0.4) is 0 Å². The third-order valence-corrected chi connectivity index (χ3v) is 3.16. The zero-order chi connectivity index (χ0) is 14.5. The van der Waals surface area contributed by atoms with Crippen molar-refractivity contribution in [3.63, 3.8) is 0 Å². The molecule has 3 heteroatoms. The molecule has 2 aromatic rings. The average Bonchev–Trinajstić information content (AvgIpc) is 2.40. The molecule has 19 heavy (non-hydrogen) atoms. The molecule has 0 N–H and O–H groups in total. The smallest absolute Gasteiger partial charge is 0.109 e. The van der Waals surface area contributed by atoms with Crippen molar-refractivity contribution in [2.24, 2.45) is 0 Å². The van der Waals surface area contributed by atoms with E-state index in [0.717, 1.165) is 14.6 Å². The fraction of sp³-hybridized carbons (Fsp3) is 0.250. The maximum atomic E-state index is 6.36. The Balaban J connectivity index is 0.000000861. The third kappa shape index (κ3) is 4.10. The highest BCUT2D eigenvalue weighted by Crippen LogP contribution is 2.37. The van der Waals surface area contributed by atoms with Gasteiger partial charge in [0, 0.05) is 5.02 Å². The molecule has 0 fully saturated rings. The first-order valence-corrected chi connectivity index (χ1v) is 9.62. The van der Waals surface area contributed by atoms with E-state index >= 15 is 0 Å². The highest BCUT2D eigenvalue weighted by atomic mass is 35.6. The van der Waals surface area contributed by atoms with Gasteiger partial charge in [-0.2, -0.15) is 11.1 Å². The van der Waals surface area contributed by atoms with E-state index in [0.29, 0.717) is 0 Å². The first-order chi connectivity index (χ1) is 9.00. The third-order valence-electron chi connectivity index (χ3n) is 2.85. The van der Waals surface area contributed by atoms with Crippen molar-refractivity contribution in [3.05, 3.63) is 59.1 Å². The highest BCUT2D eigenvalue weighted by Gasteiger charge is 2.21. The van der Waals surface area contributed by atoms with Crippen LogP contribution in [-0.4, -0.2) is 9.55 Å². The molecular formula is C16H20Cl2Si. The molecule has 0 amide bonds. The van der Waals surface area contributed by atoms with Gasteiger partial charge in [-0.25, -0.2) is 0 Å². The maximum Gasteiger partial charge on any atom is 0.109 e. The summed E-state index contributed by atoms with van der Waals surface area (Å²) >= 11 is 11.1. The van der Waals surface area contributed by atoms with Crippen molar-refractivity contribution in [2.75, 3.05) is 0 Å². The molecule has 0 aliphatic heterocycles. The molecule has 2 rings (SSSR count). The van der Waals surface area contributed by atoms with Crippen LogP contribution < -0.4 is 0 Å². The van der Waals surface area contributed by atoms with E-state index in [1.165, 1.54) is 16.7 Å². The zero-order valence-electron chi connectivity index (χ0n) is 11.9. The van der Waals surface area contributed by atoms with Crippen molar-refractivity contribution in [1.29, 1.82) is 0 Å². The lowest BCUT2D eigenvalue weighted by Gasteiger charge is -2.24. The van der Waals surface area contributed by atoms with Gasteiger partial charge >= 0.3 is 0 Å².